The van der Waals surface area contributed by atoms with Crippen LogP contribution in [0, 0.1) is 0 Å². The lowest BCUT2D eigenvalue weighted by molar-refractivity contribution is -0.189. The van der Waals surface area contributed by atoms with Crippen LogP contribution in [0.1, 0.15) is 32.4 Å². The van der Waals surface area contributed by atoms with E-state index in [0.29, 0.717) is 0 Å². The molecule has 0 saturated carbocycles. The third-order valence-corrected chi connectivity index (χ3v) is 2.64. The highest BCUT2D eigenvalue weighted by Crippen LogP contribution is 2.26. The molecule has 1 aromatic carbocycles. The molecule has 0 aliphatic carbocycles. The van der Waals surface area contributed by atoms with Gasteiger partial charge in [0.25, 0.3) is 0 Å². The van der Waals surface area contributed by atoms with E-state index in [4.69, 9.17) is 4.74 Å². The maximum absolute atomic E-state index is 12.4. The molecule has 2 nitrogen and oxygen atoms in total. The normalized spacial score (nSPS) is 15.2. The van der Waals surface area contributed by atoms with E-state index in [1.165, 1.54) is 6.07 Å². The molecule has 0 bridgehead atoms. The van der Waals surface area contributed by atoms with Crippen molar-refractivity contribution in [2.24, 2.45) is 0 Å². The highest BCUT2D eigenvalue weighted by molar-refractivity contribution is 5.30. The van der Waals surface area contributed by atoms with E-state index in [9.17, 15) is 13.2 Å². The minimum Gasteiger partial charge on any atom is -0.481 e. The first-order valence-corrected chi connectivity index (χ1v) is 5.91. The highest BCUT2D eigenvalue weighted by atomic mass is 19.4. The van der Waals surface area contributed by atoms with Crippen LogP contribution in [0.4, 0.5) is 13.2 Å². The molecule has 0 fully saturated rings. The molecule has 0 radical (unpaired) electrons. The first kappa shape index (κ1) is 14.8. The fourth-order valence-corrected chi connectivity index (χ4v) is 1.55. The van der Waals surface area contributed by atoms with Gasteiger partial charge in [0, 0.05) is 6.04 Å². The van der Waals surface area contributed by atoms with Gasteiger partial charge >= 0.3 is 6.18 Å². The second-order valence-corrected chi connectivity index (χ2v) is 4.15. The molecule has 0 aromatic heterocycles. The summed E-state index contributed by atoms with van der Waals surface area (Å²) in [5.74, 6) is 0.238. The number of hydrogen-bond acceptors (Lipinski definition) is 2. The average Bonchev–Trinajstić information content (AvgIpc) is 2.28. The highest BCUT2D eigenvalue weighted by Gasteiger charge is 2.38. The fourth-order valence-electron chi connectivity index (χ4n) is 1.55. The minimum atomic E-state index is -4.34. The molecule has 0 aliphatic rings. The predicted octanol–water partition coefficient (Wildman–Crippen LogP) is 3.69. The zero-order chi connectivity index (χ0) is 13.8. The summed E-state index contributed by atoms with van der Waals surface area (Å²) in [5, 5.41) is 3.19. The van der Waals surface area contributed by atoms with Crippen LogP contribution in [0.5, 0.6) is 5.75 Å². The molecule has 1 aromatic rings. The Morgan fingerprint density at radius 3 is 2.50 bits per heavy atom. The Morgan fingerprint density at radius 2 is 1.94 bits per heavy atom. The van der Waals surface area contributed by atoms with Crippen LogP contribution in [0.15, 0.2) is 24.3 Å². The third-order valence-electron chi connectivity index (χ3n) is 2.64. The topological polar surface area (TPSA) is 21.3 Å². The summed E-state index contributed by atoms with van der Waals surface area (Å²) in [7, 11) is 0. The van der Waals surface area contributed by atoms with Gasteiger partial charge in [0.2, 0.25) is 0 Å². The monoisotopic (exact) mass is 261 g/mol. The van der Waals surface area contributed by atoms with Crippen molar-refractivity contribution in [3.05, 3.63) is 29.8 Å². The van der Waals surface area contributed by atoms with Gasteiger partial charge in [0.05, 0.1) is 0 Å². The van der Waals surface area contributed by atoms with Gasteiger partial charge in [-0.25, -0.2) is 0 Å². The number of benzene rings is 1. The van der Waals surface area contributed by atoms with Crippen LogP contribution in [-0.2, 0) is 0 Å². The number of hydrogen-bond donors (Lipinski definition) is 1. The van der Waals surface area contributed by atoms with E-state index < -0.39 is 12.3 Å². The standard InChI is InChI=1S/C13H18F3NO/c1-4-17-9(2)11-6-5-7-12(8-11)18-10(3)13(14,15)16/h5-10,17H,4H2,1-3H3. The van der Waals surface area contributed by atoms with Crippen molar-refractivity contribution >= 4 is 0 Å². The molecular formula is C13H18F3NO. The van der Waals surface area contributed by atoms with Gasteiger partial charge in [-0.15, -0.1) is 0 Å². The first-order valence-electron chi connectivity index (χ1n) is 5.91. The molecule has 0 spiro atoms. The van der Waals surface area contributed by atoms with Gasteiger partial charge in [-0.2, -0.15) is 13.2 Å². The fraction of sp³-hybridized carbons (Fsp3) is 0.538. The Balaban J connectivity index is 2.76. The first-order chi connectivity index (χ1) is 8.34. The molecule has 102 valence electrons. The van der Waals surface area contributed by atoms with Gasteiger partial charge in [0.1, 0.15) is 5.75 Å². The van der Waals surface area contributed by atoms with Crippen molar-refractivity contribution in [2.45, 2.75) is 39.1 Å². The molecular weight excluding hydrogens is 243 g/mol. The Kier molecular flexibility index (Phi) is 5.02. The summed E-state index contributed by atoms with van der Waals surface area (Å²) in [6.45, 7) is 5.73. The van der Waals surface area contributed by atoms with Crippen LogP contribution in [-0.4, -0.2) is 18.8 Å². The molecule has 18 heavy (non-hydrogen) atoms. The zero-order valence-corrected chi connectivity index (χ0v) is 10.7. The van der Waals surface area contributed by atoms with E-state index in [2.05, 4.69) is 5.32 Å². The Labute approximate surface area is 105 Å². The largest absolute Gasteiger partial charge is 0.481 e. The Bertz CT molecular complexity index is 379. The smallest absolute Gasteiger partial charge is 0.425 e. The quantitative estimate of drug-likeness (QED) is 0.872. The summed E-state index contributed by atoms with van der Waals surface area (Å²) < 4.78 is 42.0. The maximum Gasteiger partial charge on any atom is 0.425 e. The van der Waals surface area contributed by atoms with Crippen molar-refractivity contribution in [1.82, 2.24) is 5.32 Å². The molecule has 2 atom stereocenters. The number of halogens is 3. The van der Waals surface area contributed by atoms with Crippen molar-refractivity contribution in [1.29, 1.82) is 0 Å². The van der Waals surface area contributed by atoms with Crippen LogP contribution < -0.4 is 10.1 Å². The lowest BCUT2D eigenvalue weighted by Crippen LogP contribution is -2.31. The lowest BCUT2D eigenvalue weighted by Gasteiger charge is -2.19. The van der Waals surface area contributed by atoms with Crippen LogP contribution in [0.25, 0.3) is 0 Å². The summed E-state index contributed by atoms with van der Waals surface area (Å²) in [5.41, 5.74) is 0.906. The molecule has 0 amide bonds. The van der Waals surface area contributed by atoms with Crippen molar-refractivity contribution in [3.8, 4) is 5.75 Å². The zero-order valence-electron chi connectivity index (χ0n) is 10.7. The SMILES string of the molecule is CCNC(C)c1cccc(OC(C)C(F)(F)F)c1. The van der Waals surface area contributed by atoms with Crippen LogP contribution in [0.3, 0.4) is 0 Å². The van der Waals surface area contributed by atoms with E-state index in [-0.39, 0.29) is 11.8 Å². The van der Waals surface area contributed by atoms with E-state index >= 15 is 0 Å². The number of ether oxygens (including phenoxy) is 1. The Hall–Kier alpha value is -1.23. The summed E-state index contributed by atoms with van der Waals surface area (Å²) >= 11 is 0. The lowest BCUT2D eigenvalue weighted by atomic mass is 10.1. The predicted molar refractivity (Wildman–Crippen MR) is 64.7 cm³/mol. The van der Waals surface area contributed by atoms with Crippen molar-refractivity contribution < 1.29 is 17.9 Å². The molecule has 0 saturated heterocycles. The molecule has 0 heterocycles. The maximum atomic E-state index is 12.4. The Morgan fingerprint density at radius 1 is 1.28 bits per heavy atom. The number of nitrogens with one attached hydrogen (secondary N) is 1. The number of rotatable bonds is 5. The van der Waals surface area contributed by atoms with Gasteiger partial charge < -0.3 is 10.1 Å². The summed E-state index contributed by atoms with van der Waals surface area (Å²) in [6.07, 6.45) is -6.15. The van der Waals surface area contributed by atoms with Gasteiger partial charge in [-0.1, -0.05) is 19.1 Å². The van der Waals surface area contributed by atoms with Crippen molar-refractivity contribution in [2.75, 3.05) is 6.54 Å². The van der Waals surface area contributed by atoms with Crippen molar-refractivity contribution in [3.63, 3.8) is 0 Å². The van der Waals surface area contributed by atoms with Crippen LogP contribution >= 0.6 is 0 Å². The van der Waals surface area contributed by atoms with Gasteiger partial charge in [0.15, 0.2) is 6.10 Å². The molecule has 1 N–H and O–H groups in total. The van der Waals surface area contributed by atoms with Crippen LogP contribution in [0.2, 0.25) is 0 Å². The second-order valence-electron chi connectivity index (χ2n) is 4.15. The summed E-state index contributed by atoms with van der Waals surface area (Å²) in [4.78, 5) is 0. The second kappa shape index (κ2) is 6.09. The molecule has 5 heteroatoms. The molecule has 2 unspecified atom stereocenters. The van der Waals surface area contributed by atoms with E-state index in [1.54, 1.807) is 12.1 Å². The third kappa shape index (κ3) is 4.22. The van der Waals surface area contributed by atoms with E-state index in [0.717, 1.165) is 19.0 Å². The summed E-state index contributed by atoms with van der Waals surface area (Å²) in [6, 6.07) is 6.81. The van der Waals surface area contributed by atoms with Gasteiger partial charge in [-0.05, 0) is 38.1 Å². The number of alkyl halides is 3. The average molecular weight is 261 g/mol. The molecule has 0 aliphatic heterocycles. The minimum absolute atomic E-state index is 0.0831. The van der Waals surface area contributed by atoms with Gasteiger partial charge in [-0.3, -0.25) is 0 Å². The van der Waals surface area contributed by atoms with E-state index in [1.807, 2.05) is 19.9 Å². The molecule has 1 rings (SSSR count).